The third-order valence-corrected chi connectivity index (χ3v) is 4.88. The maximum atomic E-state index is 11.5. The Labute approximate surface area is 175 Å². The molecule has 0 N–H and O–H groups in total. The molecule has 0 heterocycles. The van der Waals surface area contributed by atoms with Crippen molar-refractivity contribution in [3.05, 3.63) is 111 Å². The average Bonchev–Trinajstić information content (AvgIpc) is 2.71. The third-order valence-electron chi connectivity index (χ3n) is 4.37. The van der Waals surface area contributed by atoms with Crippen LogP contribution in [0, 0.1) is 0 Å². The maximum Gasteiger partial charge on any atom is 0.330 e. The quantitative estimate of drug-likeness (QED) is 0.255. The zero-order chi connectivity index (χ0) is 19.9. The van der Waals surface area contributed by atoms with Crippen molar-refractivity contribution in [2.45, 2.75) is 12.8 Å². The van der Waals surface area contributed by atoms with Crippen LogP contribution in [-0.2, 0) is 9.53 Å². The van der Waals surface area contributed by atoms with Crippen LogP contribution in [0.5, 0.6) is 0 Å². The van der Waals surface area contributed by atoms with E-state index in [1.54, 1.807) is 13.0 Å². The van der Waals surface area contributed by atoms with Crippen LogP contribution in [0.15, 0.2) is 78.9 Å². The smallest absolute Gasteiger partial charge is 0.330 e. The Morgan fingerprint density at radius 3 is 1.68 bits per heavy atom. The van der Waals surface area contributed by atoms with Gasteiger partial charge < -0.3 is 4.74 Å². The molecule has 0 atom stereocenters. The number of hydrogen-bond acceptors (Lipinski definition) is 2. The predicted octanol–water partition coefficient (Wildman–Crippen LogP) is 6.75. The summed E-state index contributed by atoms with van der Waals surface area (Å²) < 4.78 is 4.91. The second-order valence-electron chi connectivity index (χ2n) is 6.29. The number of carbonyl (C=O) groups excluding carboxylic acids is 1. The number of carbonyl (C=O) groups is 1. The molecule has 3 rings (SSSR count). The van der Waals surface area contributed by atoms with Gasteiger partial charge in [0.25, 0.3) is 0 Å². The summed E-state index contributed by atoms with van der Waals surface area (Å²) in [6.45, 7) is 2.15. The van der Waals surface area contributed by atoms with Crippen LogP contribution in [0.4, 0.5) is 0 Å². The second-order valence-corrected chi connectivity index (χ2v) is 7.16. The fraction of sp³-hybridized carbons (Fsp3) is 0.125. The van der Waals surface area contributed by atoms with Crippen LogP contribution in [0.3, 0.4) is 0 Å². The normalized spacial score (nSPS) is 11.1. The Bertz CT molecular complexity index is 898. The Morgan fingerprint density at radius 2 is 1.25 bits per heavy atom. The van der Waals surface area contributed by atoms with Gasteiger partial charge in [-0.25, -0.2) is 4.79 Å². The highest BCUT2D eigenvalue weighted by Crippen LogP contribution is 2.33. The van der Waals surface area contributed by atoms with Crippen LogP contribution in [0.25, 0.3) is 6.08 Å². The van der Waals surface area contributed by atoms with Gasteiger partial charge in [0.2, 0.25) is 0 Å². The highest BCUT2D eigenvalue weighted by atomic mass is 35.5. The third kappa shape index (κ3) is 5.25. The van der Waals surface area contributed by atoms with E-state index in [4.69, 9.17) is 27.9 Å². The number of benzene rings is 3. The number of halogens is 2. The summed E-state index contributed by atoms with van der Waals surface area (Å²) in [5.41, 5.74) is 4.35. The molecule has 0 aliphatic carbocycles. The molecule has 3 aromatic rings. The van der Waals surface area contributed by atoms with Crippen LogP contribution in [-0.4, -0.2) is 12.6 Å². The van der Waals surface area contributed by atoms with Crippen molar-refractivity contribution in [1.29, 1.82) is 0 Å². The van der Waals surface area contributed by atoms with Crippen LogP contribution in [0.1, 0.15) is 35.1 Å². The van der Waals surface area contributed by atoms with Gasteiger partial charge in [-0.2, -0.15) is 0 Å². The van der Waals surface area contributed by atoms with E-state index in [-0.39, 0.29) is 11.9 Å². The van der Waals surface area contributed by atoms with Crippen LogP contribution < -0.4 is 0 Å². The fourth-order valence-electron chi connectivity index (χ4n) is 3.04. The van der Waals surface area contributed by atoms with Crippen LogP contribution >= 0.6 is 23.2 Å². The zero-order valence-corrected chi connectivity index (χ0v) is 17.0. The summed E-state index contributed by atoms with van der Waals surface area (Å²) in [6.07, 6.45) is 3.19. The van der Waals surface area contributed by atoms with Gasteiger partial charge in [-0.15, -0.1) is 0 Å². The van der Waals surface area contributed by atoms with Gasteiger partial charge in [-0.05, 0) is 59.5 Å². The molecule has 4 heteroatoms. The molecule has 3 aromatic carbocycles. The van der Waals surface area contributed by atoms with E-state index in [0.717, 1.165) is 22.3 Å². The van der Waals surface area contributed by atoms with E-state index in [0.29, 0.717) is 16.7 Å². The molecule has 0 bridgehead atoms. The van der Waals surface area contributed by atoms with Gasteiger partial charge in [0.1, 0.15) is 0 Å². The van der Waals surface area contributed by atoms with Crippen molar-refractivity contribution in [2.24, 2.45) is 0 Å². The molecule has 0 aromatic heterocycles. The average molecular weight is 411 g/mol. The lowest BCUT2D eigenvalue weighted by Crippen LogP contribution is -2.03. The fourth-order valence-corrected chi connectivity index (χ4v) is 3.29. The standard InChI is InChI=1S/C24H20Cl2O2/c1-2-28-23(27)16-5-17-3-6-18(7-4-17)24(19-8-12-21(25)13-9-19)20-10-14-22(26)15-11-20/h3-16,24H,2H2,1H3/b16-5+. The topological polar surface area (TPSA) is 26.3 Å². The van der Waals surface area contributed by atoms with E-state index in [2.05, 4.69) is 12.1 Å². The first-order valence-electron chi connectivity index (χ1n) is 9.02. The Morgan fingerprint density at radius 1 is 0.821 bits per heavy atom. The van der Waals surface area contributed by atoms with E-state index < -0.39 is 0 Å². The number of rotatable bonds is 6. The summed E-state index contributed by atoms with van der Waals surface area (Å²) in [6, 6.07) is 23.9. The lowest BCUT2D eigenvalue weighted by molar-refractivity contribution is -0.137. The maximum absolute atomic E-state index is 11.5. The summed E-state index contributed by atoms with van der Waals surface area (Å²) in [4.78, 5) is 11.5. The summed E-state index contributed by atoms with van der Waals surface area (Å²) in [7, 11) is 0. The molecule has 0 aliphatic rings. The van der Waals surface area contributed by atoms with Gasteiger partial charge in [-0.1, -0.05) is 71.7 Å². The van der Waals surface area contributed by atoms with Crippen LogP contribution in [0.2, 0.25) is 10.0 Å². The molecule has 0 radical (unpaired) electrons. The molecule has 0 spiro atoms. The number of esters is 1. The van der Waals surface area contributed by atoms with Gasteiger partial charge >= 0.3 is 5.97 Å². The first-order valence-corrected chi connectivity index (χ1v) is 9.78. The molecule has 0 fully saturated rings. The highest BCUT2D eigenvalue weighted by Gasteiger charge is 2.16. The minimum absolute atomic E-state index is 0.0534. The SMILES string of the molecule is CCOC(=O)/C=C/c1ccc(C(c2ccc(Cl)cc2)c2ccc(Cl)cc2)cc1. The summed E-state index contributed by atoms with van der Waals surface area (Å²) in [5.74, 6) is -0.288. The lowest BCUT2D eigenvalue weighted by atomic mass is 9.85. The molecule has 142 valence electrons. The summed E-state index contributed by atoms with van der Waals surface area (Å²) >= 11 is 12.1. The van der Waals surface area contributed by atoms with E-state index in [1.165, 1.54) is 6.08 Å². The van der Waals surface area contributed by atoms with Crippen molar-refractivity contribution in [3.63, 3.8) is 0 Å². The van der Waals surface area contributed by atoms with Gasteiger partial charge in [0, 0.05) is 22.0 Å². The molecular weight excluding hydrogens is 391 g/mol. The Balaban J connectivity index is 1.93. The first kappa shape index (κ1) is 20.2. The molecule has 0 aliphatic heterocycles. The van der Waals surface area contributed by atoms with Crippen molar-refractivity contribution in [1.82, 2.24) is 0 Å². The monoisotopic (exact) mass is 410 g/mol. The summed E-state index contributed by atoms with van der Waals surface area (Å²) in [5, 5.41) is 1.41. The second kappa shape index (κ2) is 9.59. The van der Waals surface area contributed by atoms with E-state index in [9.17, 15) is 4.79 Å². The predicted molar refractivity (Wildman–Crippen MR) is 116 cm³/mol. The largest absolute Gasteiger partial charge is 0.463 e. The number of hydrogen-bond donors (Lipinski definition) is 0. The highest BCUT2D eigenvalue weighted by molar-refractivity contribution is 6.30. The van der Waals surface area contributed by atoms with Crippen molar-refractivity contribution >= 4 is 35.2 Å². The zero-order valence-electron chi connectivity index (χ0n) is 15.4. The van der Waals surface area contributed by atoms with Gasteiger partial charge in [0.15, 0.2) is 0 Å². The van der Waals surface area contributed by atoms with E-state index in [1.807, 2.05) is 60.7 Å². The van der Waals surface area contributed by atoms with Gasteiger partial charge in [-0.3, -0.25) is 0 Å². The first-order chi connectivity index (χ1) is 13.6. The molecule has 0 saturated carbocycles. The van der Waals surface area contributed by atoms with Crippen molar-refractivity contribution in [3.8, 4) is 0 Å². The minimum atomic E-state index is -0.341. The number of ether oxygens (including phenoxy) is 1. The molecule has 0 unspecified atom stereocenters. The molecule has 28 heavy (non-hydrogen) atoms. The molecular formula is C24H20Cl2O2. The molecule has 0 amide bonds. The Kier molecular flexibility index (Phi) is 6.91. The minimum Gasteiger partial charge on any atom is -0.463 e. The van der Waals surface area contributed by atoms with Crippen molar-refractivity contribution in [2.75, 3.05) is 6.61 Å². The van der Waals surface area contributed by atoms with E-state index >= 15 is 0 Å². The molecule has 2 nitrogen and oxygen atoms in total. The molecule has 0 saturated heterocycles. The van der Waals surface area contributed by atoms with Gasteiger partial charge in [0.05, 0.1) is 6.61 Å². The Hall–Kier alpha value is -2.55. The van der Waals surface area contributed by atoms with Crippen molar-refractivity contribution < 1.29 is 9.53 Å². The lowest BCUT2D eigenvalue weighted by Gasteiger charge is -2.19.